The zero-order valence-electron chi connectivity index (χ0n) is 11.0. The van der Waals surface area contributed by atoms with Crippen LogP contribution in [0.2, 0.25) is 0 Å². The van der Waals surface area contributed by atoms with Gasteiger partial charge in [-0.3, -0.25) is 4.79 Å². The number of thioether (sulfide) groups is 1. The number of ketones is 1. The Morgan fingerprint density at radius 2 is 2.11 bits per heavy atom. The molecule has 0 bridgehead atoms. The molecule has 0 saturated heterocycles. The molecule has 100 valence electrons. The minimum absolute atomic E-state index is 0.0913. The average molecular weight is 276 g/mol. The van der Waals surface area contributed by atoms with E-state index in [0.717, 1.165) is 12.1 Å². The van der Waals surface area contributed by atoms with Crippen molar-refractivity contribution in [1.82, 2.24) is 20.2 Å². The number of aromatic nitrogens is 4. The molecule has 6 heteroatoms. The number of tetrazole rings is 1. The van der Waals surface area contributed by atoms with Crippen LogP contribution in [0.25, 0.3) is 5.69 Å². The quantitative estimate of drug-likeness (QED) is 0.758. The van der Waals surface area contributed by atoms with E-state index in [-0.39, 0.29) is 11.7 Å². The van der Waals surface area contributed by atoms with Gasteiger partial charge in [0.25, 0.3) is 0 Å². The second kappa shape index (κ2) is 6.47. The Labute approximate surface area is 116 Å². The van der Waals surface area contributed by atoms with Gasteiger partial charge < -0.3 is 0 Å². The zero-order valence-corrected chi connectivity index (χ0v) is 11.8. The van der Waals surface area contributed by atoms with Crippen LogP contribution in [-0.4, -0.2) is 31.7 Å². The van der Waals surface area contributed by atoms with Crippen LogP contribution in [0.1, 0.15) is 20.3 Å². The molecule has 0 fully saturated rings. The fourth-order valence-electron chi connectivity index (χ4n) is 1.51. The van der Waals surface area contributed by atoms with Crippen LogP contribution in [0.15, 0.2) is 35.5 Å². The molecule has 0 spiro atoms. The van der Waals surface area contributed by atoms with Crippen LogP contribution in [0.5, 0.6) is 0 Å². The van der Waals surface area contributed by atoms with Gasteiger partial charge in [0.15, 0.2) is 0 Å². The molecule has 19 heavy (non-hydrogen) atoms. The summed E-state index contributed by atoms with van der Waals surface area (Å²) < 4.78 is 1.65. The van der Waals surface area contributed by atoms with E-state index < -0.39 is 0 Å². The van der Waals surface area contributed by atoms with E-state index in [9.17, 15) is 4.79 Å². The molecule has 0 aliphatic carbocycles. The monoisotopic (exact) mass is 276 g/mol. The maximum Gasteiger partial charge on any atom is 0.214 e. The second-order valence-corrected chi connectivity index (χ2v) is 5.22. The van der Waals surface area contributed by atoms with Gasteiger partial charge in [0.1, 0.15) is 5.78 Å². The Bertz CT molecular complexity index is 541. The first-order chi connectivity index (χ1) is 9.22. The number of para-hydroxylation sites is 1. The molecule has 0 radical (unpaired) electrons. The first kappa shape index (κ1) is 13.7. The normalized spacial score (nSPS) is 12.3. The van der Waals surface area contributed by atoms with E-state index in [4.69, 9.17) is 0 Å². The molecule has 2 rings (SSSR count). The smallest absolute Gasteiger partial charge is 0.214 e. The molecule has 1 atom stereocenters. The van der Waals surface area contributed by atoms with Crippen LogP contribution in [0.3, 0.4) is 0 Å². The minimum atomic E-state index is 0.0913. The number of carbonyl (C=O) groups is 1. The van der Waals surface area contributed by atoms with Gasteiger partial charge in [-0.25, -0.2) is 0 Å². The predicted molar refractivity (Wildman–Crippen MR) is 74.3 cm³/mol. The molecular formula is C13H16N4OS. The molecule has 1 aromatic carbocycles. The van der Waals surface area contributed by atoms with E-state index in [2.05, 4.69) is 15.5 Å². The lowest BCUT2D eigenvalue weighted by molar-refractivity contribution is -0.119. The number of Topliss-reactive ketones (excluding diaryl/α,β-unsaturated/α-hetero) is 1. The van der Waals surface area contributed by atoms with E-state index in [1.165, 1.54) is 11.8 Å². The average Bonchev–Trinajstić information content (AvgIpc) is 2.93. The van der Waals surface area contributed by atoms with Gasteiger partial charge in [-0.05, 0) is 29.0 Å². The van der Waals surface area contributed by atoms with Crippen molar-refractivity contribution in [2.24, 2.45) is 5.92 Å². The van der Waals surface area contributed by atoms with E-state index in [1.807, 2.05) is 44.2 Å². The summed E-state index contributed by atoms with van der Waals surface area (Å²) in [5.41, 5.74) is 0.894. The number of nitrogens with zero attached hydrogens (tertiary/aromatic N) is 4. The Balaban J connectivity index is 2.07. The van der Waals surface area contributed by atoms with Gasteiger partial charge in [-0.15, -0.1) is 5.10 Å². The number of benzene rings is 1. The largest absolute Gasteiger partial charge is 0.298 e. The summed E-state index contributed by atoms with van der Waals surface area (Å²) in [5.74, 6) is 0.728. The van der Waals surface area contributed by atoms with Crippen molar-refractivity contribution in [1.29, 1.82) is 0 Å². The molecule has 0 amide bonds. The van der Waals surface area contributed by atoms with Crippen molar-refractivity contribution >= 4 is 17.5 Å². The first-order valence-corrected chi connectivity index (χ1v) is 7.20. The Morgan fingerprint density at radius 1 is 1.37 bits per heavy atom. The lowest BCUT2D eigenvalue weighted by Gasteiger charge is -2.07. The van der Waals surface area contributed by atoms with Crippen LogP contribution in [0.4, 0.5) is 0 Å². The zero-order chi connectivity index (χ0) is 13.7. The van der Waals surface area contributed by atoms with Gasteiger partial charge in [0.2, 0.25) is 5.16 Å². The maximum absolute atomic E-state index is 11.8. The maximum atomic E-state index is 11.8. The summed E-state index contributed by atoms with van der Waals surface area (Å²) >= 11 is 1.38. The lowest BCUT2D eigenvalue weighted by atomic mass is 10.1. The third-order valence-corrected chi connectivity index (χ3v) is 3.89. The summed E-state index contributed by atoms with van der Waals surface area (Å²) in [6.07, 6.45) is 0.864. The summed E-state index contributed by atoms with van der Waals surface area (Å²) in [7, 11) is 0. The molecule has 0 aliphatic heterocycles. The lowest BCUT2D eigenvalue weighted by Crippen LogP contribution is -2.12. The topological polar surface area (TPSA) is 60.7 Å². The van der Waals surface area contributed by atoms with Crippen molar-refractivity contribution in [2.75, 3.05) is 5.75 Å². The Hall–Kier alpha value is -1.69. The molecule has 0 aliphatic rings. The van der Waals surface area contributed by atoms with Crippen molar-refractivity contribution in [3.8, 4) is 5.69 Å². The third-order valence-electron chi connectivity index (χ3n) is 2.95. The standard InChI is InChI=1S/C13H16N4OS/c1-3-10(2)12(18)9-19-13-14-15-16-17(13)11-7-5-4-6-8-11/h4-8,10H,3,9H2,1-2H3. The minimum Gasteiger partial charge on any atom is -0.298 e. The summed E-state index contributed by atoms with van der Waals surface area (Å²) in [5, 5.41) is 12.2. The van der Waals surface area contributed by atoms with Crippen molar-refractivity contribution < 1.29 is 4.79 Å². The van der Waals surface area contributed by atoms with Gasteiger partial charge in [-0.1, -0.05) is 43.8 Å². The van der Waals surface area contributed by atoms with Crippen molar-refractivity contribution in [3.05, 3.63) is 30.3 Å². The predicted octanol–water partition coefficient (Wildman–Crippen LogP) is 2.37. The van der Waals surface area contributed by atoms with E-state index in [0.29, 0.717) is 10.9 Å². The van der Waals surface area contributed by atoms with Gasteiger partial charge in [-0.2, -0.15) is 4.68 Å². The van der Waals surface area contributed by atoms with Crippen LogP contribution < -0.4 is 0 Å². The van der Waals surface area contributed by atoms with Crippen LogP contribution in [0, 0.1) is 5.92 Å². The fraction of sp³-hybridized carbons (Fsp3) is 0.385. The summed E-state index contributed by atoms with van der Waals surface area (Å²) in [4.78, 5) is 11.8. The second-order valence-electron chi connectivity index (χ2n) is 4.27. The highest BCUT2D eigenvalue weighted by Gasteiger charge is 2.14. The Kier molecular flexibility index (Phi) is 4.68. The van der Waals surface area contributed by atoms with Crippen LogP contribution >= 0.6 is 11.8 Å². The summed E-state index contributed by atoms with van der Waals surface area (Å²) in [6.45, 7) is 3.96. The van der Waals surface area contributed by atoms with Crippen molar-refractivity contribution in [3.63, 3.8) is 0 Å². The fourth-order valence-corrected chi connectivity index (χ4v) is 2.42. The molecule has 1 unspecified atom stereocenters. The molecule has 1 aromatic heterocycles. The third kappa shape index (κ3) is 3.41. The molecule has 0 saturated carbocycles. The number of hydrogen-bond acceptors (Lipinski definition) is 5. The highest BCUT2D eigenvalue weighted by atomic mass is 32.2. The summed E-state index contributed by atoms with van der Waals surface area (Å²) in [6, 6.07) is 9.65. The van der Waals surface area contributed by atoms with E-state index in [1.54, 1.807) is 4.68 Å². The highest BCUT2D eigenvalue weighted by Crippen LogP contribution is 2.19. The van der Waals surface area contributed by atoms with Crippen LogP contribution in [-0.2, 0) is 4.79 Å². The number of rotatable bonds is 6. The highest BCUT2D eigenvalue weighted by molar-refractivity contribution is 7.99. The van der Waals surface area contributed by atoms with Gasteiger partial charge in [0.05, 0.1) is 11.4 Å². The van der Waals surface area contributed by atoms with E-state index >= 15 is 0 Å². The molecule has 0 N–H and O–H groups in total. The molecular weight excluding hydrogens is 260 g/mol. The molecule has 5 nitrogen and oxygen atoms in total. The molecule has 1 heterocycles. The number of carbonyl (C=O) groups excluding carboxylic acids is 1. The Morgan fingerprint density at radius 3 is 2.79 bits per heavy atom. The van der Waals surface area contributed by atoms with Gasteiger partial charge >= 0.3 is 0 Å². The number of hydrogen-bond donors (Lipinski definition) is 0. The molecule has 2 aromatic rings. The first-order valence-electron chi connectivity index (χ1n) is 6.21. The SMILES string of the molecule is CCC(C)C(=O)CSc1nnnn1-c1ccccc1. The van der Waals surface area contributed by atoms with Gasteiger partial charge in [0, 0.05) is 5.92 Å². The van der Waals surface area contributed by atoms with Crippen molar-refractivity contribution in [2.45, 2.75) is 25.4 Å².